The van der Waals surface area contributed by atoms with E-state index in [0.29, 0.717) is 0 Å². The van der Waals surface area contributed by atoms with Gasteiger partial charge in [0.2, 0.25) is 0 Å². The summed E-state index contributed by atoms with van der Waals surface area (Å²) in [6, 6.07) is 16.8. The van der Waals surface area contributed by atoms with Gasteiger partial charge >= 0.3 is 11.9 Å². The normalized spacial score (nSPS) is 22.9. The number of rotatable bonds is 19. The van der Waals surface area contributed by atoms with Crippen LogP contribution in [0.3, 0.4) is 0 Å². The molecule has 2 aliphatic rings. The van der Waals surface area contributed by atoms with Gasteiger partial charge in [-0.2, -0.15) is 0 Å². The minimum atomic E-state index is -1.15. The number of carbonyl (C=O) groups excluding carboxylic acids is 2. The summed E-state index contributed by atoms with van der Waals surface area (Å²) in [5.41, 5.74) is 4.36. The van der Waals surface area contributed by atoms with Crippen LogP contribution in [0.4, 0.5) is 0 Å². The average Bonchev–Trinajstić information content (AvgIpc) is 3.54. The Morgan fingerprint density at radius 3 is 1.54 bits per heavy atom. The zero-order valence-corrected chi connectivity index (χ0v) is 28.7. The van der Waals surface area contributed by atoms with E-state index in [9.17, 15) is 9.59 Å². The molecular formula is C40H58O6. The van der Waals surface area contributed by atoms with Crippen LogP contribution in [0, 0.1) is 11.8 Å². The van der Waals surface area contributed by atoms with E-state index in [1.165, 1.54) is 76.2 Å². The molecule has 1 aliphatic heterocycles. The topological polar surface area (TPSA) is 71.1 Å². The lowest BCUT2D eigenvalue weighted by Gasteiger charge is -2.28. The lowest BCUT2D eigenvalue weighted by molar-refractivity contribution is -0.163. The Bertz CT molecular complexity index is 1120. The van der Waals surface area contributed by atoms with Gasteiger partial charge in [-0.3, -0.25) is 0 Å². The van der Waals surface area contributed by atoms with Gasteiger partial charge in [0.25, 0.3) is 0 Å². The van der Waals surface area contributed by atoms with Gasteiger partial charge in [0.15, 0.2) is 18.5 Å². The molecule has 254 valence electrons. The summed E-state index contributed by atoms with van der Waals surface area (Å²) in [7, 11) is 0. The molecule has 2 aromatic rings. The summed E-state index contributed by atoms with van der Waals surface area (Å²) in [6.07, 6.45) is 16.7. The molecule has 2 atom stereocenters. The van der Waals surface area contributed by atoms with Crippen molar-refractivity contribution in [2.24, 2.45) is 11.8 Å². The molecule has 6 heteroatoms. The summed E-state index contributed by atoms with van der Waals surface area (Å²) < 4.78 is 22.6. The van der Waals surface area contributed by atoms with Crippen LogP contribution in [0.25, 0.3) is 11.1 Å². The zero-order valence-electron chi connectivity index (χ0n) is 28.7. The van der Waals surface area contributed by atoms with Gasteiger partial charge < -0.3 is 18.9 Å². The van der Waals surface area contributed by atoms with E-state index >= 15 is 0 Å². The van der Waals surface area contributed by atoms with Crippen molar-refractivity contribution in [3.63, 3.8) is 0 Å². The van der Waals surface area contributed by atoms with Crippen molar-refractivity contribution in [1.29, 1.82) is 0 Å². The lowest BCUT2D eigenvalue weighted by atomic mass is 9.78. The Kier molecular flexibility index (Phi) is 15.6. The minimum absolute atomic E-state index is 0.283. The molecule has 0 radical (unpaired) electrons. The Morgan fingerprint density at radius 1 is 0.609 bits per heavy atom. The first-order valence-electron chi connectivity index (χ1n) is 18.4. The molecule has 1 saturated heterocycles. The number of carbonyl (C=O) groups is 2. The highest BCUT2D eigenvalue weighted by molar-refractivity contribution is 5.86. The molecule has 0 bridgehead atoms. The van der Waals surface area contributed by atoms with E-state index in [1.807, 2.05) is 38.1 Å². The van der Waals surface area contributed by atoms with Crippen LogP contribution >= 0.6 is 0 Å². The molecule has 2 fully saturated rings. The standard InChI is InChI=1S/C40H58O6/c1-4-7-10-13-30-16-18-31(19-17-30)14-11-12-15-32-20-22-33(23-21-32)34-24-26-35(27-25-34)40-45-36(38(41)43-28-8-5-2)37(46-40)39(42)44-29-9-6-3/h20-27,30-31,36-37,40H,4-19,28-29H2,1-3H3. The molecule has 1 aliphatic carbocycles. The Balaban J connectivity index is 1.24. The van der Waals surface area contributed by atoms with Crippen molar-refractivity contribution >= 4 is 11.9 Å². The zero-order chi connectivity index (χ0) is 32.6. The Labute approximate surface area is 277 Å². The molecule has 0 spiro atoms. The van der Waals surface area contributed by atoms with Crippen molar-refractivity contribution in [2.45, 2.75) is 142 Å². The van der Waals surface area contributed by atoms with E-state index in [4.69, 9.17) is 18.9 Å². The first kappa shape index (κ1) is 36.1. The first-order valence-corrected chi connectivity index (χ1v) is 18.4. The smallest absolute Gasteiger partial charge is 0.338 e. The Morgan fingerprint density at radius 2 is 1.07 bits per heavy atom. The molecule has 4 rings (SSSR count). The third-order valence-corrected chi connectivity index (χ3v) is 9.74. The number of ether oxygens (including phenoxy) is 4. The van der Waals surface area contributed by atoms with Crippen molar-refractivity contribution in [2.75, 3.05) is 13.2 Å². The molecule has 1 heterocycles. The predicted molar refractivity (Wildman–Crippen MR) is 183 cm³/mol. The van der Waals surface area contributed by atoms with Gasteiger partial charge in [0.05, 0.1) is 13.2 Å². The van der Waals surface area contributed by atoms with Crippen LogP contribution in [0.5, 0.6) is 0 Å². The summed E-state index contributed by atoms with van der Waals surface area (Å²) in [5.74, 6) is 0.762. The summed E-state index contributed by atoms with van der Waals surface area (Å²) in [5, 5.41) is 0. The van der Waals surface area contributed by atoms with Crippen molar-refractivity contribution in [3.05, 3.63) is 59.7 Å². The quantitative estimate of drug-likeness (QED) is 0.113. The maximum absolute atomic E-state index is 12.8. The van der Waals surface area contributed by atoms with E-state index in [1.54, 1.807) is 0 Å². The lowest BCUT2D eigenvalue weighted by Crippen LogP contribution is -2.39. The van der Waals surface area contributed by atoms with Gasteiger partial charge in [-0.15, -0.1) is 0 Å². The second-order valence-corrected chi connectivity index (χ2v) is 13.4. The number of esters is 2. The van der Waals surface area contributed by atoms with Gasteiger partial charge in [-0.25, -0.2) is 9.59 Å². The second kappa shape index (κ2) is 19.8. The molecule has 0 aromatic heterocycles. The number of hydrogen-bond donors (Lipinski definition) is 0. The van der Waals surface area contributed by atoms with E-state index in [2.05, 4.69) is 31.2 Å². The van der Waals surface area contributed by atoms with Crippen LogP contribution in [0.1, 0.15) is 135 Å². The number of unbranched alkanes of at least 4 members (excludes halogenated alkanes) is 5. The van der Waals surface area contributed by atoms with Crippen LogP contribution in [0.2, 0.25) is 0 Å². The summed E-state index contributed by atoms with van der Waals surface area (Å²) in [6.45, 7) is 6.91. The van der Waals surface area contributed by atoms with Gasteiger partial charge in [0, 0.05) is 5.56 Å². The minimum Gasteiger partial charge on any atom is -0.464 e. The number of hydrogen-bond acceptors (Lipinski definition) is 6. The van der Waals surface area contributed by atoms with Crippen LogP contribution in [0.15, 0.2) is 48.5 Å². The predicted octanol–water partition coefficient (Wildman–Crippen LogP) is 9.92. The Hall–Kier alpha value is -2.70. The molecular weight excluding hydrogens is 576 g/mol. The highest BCUT2D eigenvalue weighted by atomic mass is 16.8. The molecule has 6 nitrogen and oxygen atoms in total. The SMILES string of the molecule is CCCCCC1CCC(CCCCc2ccc(-c3ccc(C4OC(C(=O)OCCCC)C(C(=O)OCCCC)O4)cc3)cc2)CC1. The van der Waals surface area contributed by atoms with E-state index in [-0.39, 0.29) is 13.2 Å². The molecule has 0 N–H and O–H groups in total. The fourth-order valence-corrected chi connectivity index (χ4v) is 6.71. The maximum Gasteiger partial charge on any atom is 0.338 e. The summed E-state index contributed by atoms with van der Waals surface area (Å²) in [4.78, 5) is 25.6. The number of aryl methyl sites for hydroxylation is 1. The van der Waals surface area contributed by atoms with Crippen molar-refractivity contribution in [3.8, 4) is 11.1 Å². The monoisotopic (exact) mass is 634 g/mol. The highest BCUT2D eigenvalue weighted by Gasteiger charge is 2.47. The van der Waals surface area contributed by atoms with Crippen molar-refractivity contribution in [1.82, 2.24) is 0 Å². The van der Waals surface area contributed by atoms with Gasteiger partial charge in [-0.05, 0) is 54.2 Å². The molecule has 46 heavy (non-hydrogen) atoms. The number of benzene rings is 2. The molecule has 2 aromatic carbocycles. The fraction of sp³-hybridized carbons (Fsp3) is 0.650. The van der Waals surface area contributed by atoms with E-state index < -0.39 is 30.4 Å². The molecule has 0 amide bonds. The maximum atomic E-state index is 12.8. The third-order valence-electron chi connectivity index (χ3n) is 9.74. The fourth-order valence-electron chi connectivity index (χ4n) is 6.71. The van der Waals surface area contributed by atoms with Crippen LogP contribution in [-0.4, -0.2) is 37.4 Å². The van der Waals surface area contributed by atoms with Crippen LogP contribution in [-0.2, 0) is 35.0 Å². The molecule has 2 unspecified atom stereocenters. The molecule has 1 saturated carbocycles. The highest BCUT2D eigenvalue weighted by Crippen LogP contribution is 2.36. The average molecular weight is 635 g/mol. The van der Waals surface area contributed by atoms with Gasteiger partial charge in [-0.1, -0.05) is 146 Å². The third kappa shape index (κ3) is 11.2. The first-order chi connectivity index (χ1) is 22.5. The second-order valence-electron chi connectivity index (χ2n) is 13.4. The van der Waals surface area contributed by atoms with Crippen molar-refractivity contribution < 1.29 is 28.5 Å². The van der Waals surface area contributed by atoms with Gasteiger partial charge in [0.1, 0.15) is 0 Å². The summed E-state index contributed by atoms with van der Waals surface area (Å²) >= 11 is 0. The van der Waals surface area contributed by atoms with E-state index in [0.717, 1.165) is 60.6 Å². The largest absolute Gasteiger partial charge is 0.464 e. The van der Waals surface area contributed by atoms with Crippen LogP contribution < -0.4 is 0 Å².